The molecule has 0 rings (SSSR count). The highest BCUT2D eigenvalue weighted by Gasteiger charge is 2.30. The molecule has 0 radical (unpaired) electrons. The number of phosphoric acid groups is 2. The third-order valence-electron chi connectivity index (χ3n) is 14.9. The van der Waals surface area contributed by atoms with Crippen molar-refractivity contribution < 1.29 is 80.2 Å². The first-order chi connectivity index (χ1) is 39.6. The lowest BCUT2D eigenvalue weighted by Gasteiger charge is -2.21. The number of hydrogen-bond donors (Lipinski definition) is 3. The number of hydrogen-bond acceptors (Lipinski definition) is 15. The zero-order valence-electron chi connectivity index (χ0n) is 52.6. The molecule has 82 heavy (non-hydrogen) atoms. The minimum atomic E-state index is -4.94. The highest BCUT2D eigenvalue weighted by atomic mass is 31.2. The van der Waals surface area contributed by atoms with E-state index in [9.17, 15) is 43.2 Å². The van der Waals surface area contributed by atoms with E-state index in [0.717, 1.165) is 115 Å². The fourth-order valence-corrected chi connectivity index (χ4v) is 11.0. The molecule has 0 aromatic heterocycles. The average molecular weight is 1210 g/mol. The second kappa shape index (κ2) is 56.8. The molecule has 19 heteroatoms. The van der Waals surface area contributed by atoms with Crippen LogP contribution in [0.25, 0.3) is 0 Å². The molecule has 0 saturated carbocycles. The van der Waals surface area contributed by atoms with E-state index in [1.165, 1.54) is 122 Å². The summed E-state index contributed by atoms with van der Waals surface area (Å²) < 4.78 is 67.7. The molecule has 0 aliphatic heterocycles. The number of unbranched alkanes of at least 4 members (excludes halogenated alkanes) is 34. The maximum absolute atomic E-state index is 13.0. The van der Waals surface area contributed by atoms with Crippen LogP contribution in [0.15, 0.2) is 0 Å². The van der Waals surface area contributed by atoms with Crippen LogP contribution < -0.4 is 0 Å². The predicted octanol–water partition coefficient (Wildman–Crippen LogP) is 17.4. The van der Waals surface area contributed by atoms with E-state index < -0.39 is 97.5 Å². The molecule has 0 aromatic carbocycles. The van der Waals surface area contributed by atoms with Crippen LogP contribution in [0.5, 0.6) is 0 Å². The molecule has 486 valence electrons. The van der Waals surface area contributed by atoms with Gasteiger partial charge >= 0.3 is 39.5 Å². The Balaban J connectivity index is 5.10. The average Bonchev–Trinajstić information content (AvgIpc) is 3.47. The van der Waals surface area contributed by atoms with E-state index in [2.05, 4.69) is 34.6 Å². The van der Waals surface area contributed by atoms with Gasteiger partial charge in [0.05, 0.1) is 26.4 Å². The number of esters is 4. The van der Waals surface area contributed by atoms with Crippen molar-refractivity contribution in [3.05, 3.63) is 0 Å². The molecule has 17 nitrogen and oxygen atoms in total. The lowest BCUT2D eigenvalue weighted by molar-refractivity contribution is -0.161. The Morgan fingerprint density at radius 2 is 0.585 bits per heavy atom. The van der Waals surface area contributed by atoms with Gasteiger partial charge in [0.25, 0.3) is 0 Å². The number of carbonyl (C=O) groups is 4. The Bertz CT molecular complexity index is 1600. The first kappa shape index (κ1) is 80.1. The highest BCUT2D eigenvalue weighted by Crippen LogP contribution is 2.45. The minimum Gasteiger partial charge on any atom is -0.462 e. The van der Waals surface area contributed by atoms with Crippen LogP contribution in [-0.2, 0) is 65.4 Å². The maximum atomic E-state index is 13.0. The van der Waals surface area contributed by atoms with Gasteiger partial charge in [-0.15, -0.1) is 0 Å². The molecule has 0 aromatic rings. The van der Waals surface area contributed by atoms with Crippen LogP contribution in [0.4, 0.5) is 0 Å². The molecular formula is C63H122O17P2. The highest BCUT2D eigenvalue weighted by molar-refractivity contribution is 7.47. The lowest BCUT2D eigenvalue weighted by atomic mass is 10.00. The van der Waals surface area contributed by atoms with Crippen molar-refractivity contribution in [2.24, 2.45) is 5.92 Å². The molecule has 3 N–H and O–H groups in total. The standard InChI is InChI=1S/C63H122O17P2/c1-6-10-13-16-18-20-21-22-23-24-25-26-27-28-29-30-32-39-44-49-63(68)80-59(53-74-61(66)47-42-37-34-33-36-40-45-56(5)9-4)55-78-82(71,72)76-51-57(64)50-75-81(69,70)77-54-58(52-73-60(65)46-41-35-15-12-8-3)79-62(67)48-43-38-31-19-17-14-11-7-2/h56-59,64H,6-55H2,1-5H3,(H,69,70)(H,71,72)/t56?,57-,58+,59+/m0/s1. The van der Waals surface area contributed by atoms with Gasteiger partial charge in [0, 0.05) is 25.7 Å². The second-order valence-corrected chi connectivity index (χ2v) is 25.9. The lowest BCUT2D eigenvalue weighted by Crippen LogP contribution is -2.30. The summed E-state index contributed by atoms with van der Waals surface area (Å²) in [4.78, 5) is 71.8. The normalized spacial score (nSPS) is 14.6. The Kier molecular flexibility index (Phi) is 55.5. The van der Waals surface area contributed by atoms with Gasteiger partial charge in [0.15, 0.2) is 12.2 Å². The number of ether oxygens (including phenoxy) is 4. The summed E-state index contributed by atoms with van der Waals surface area (Å²) in [6.07, 6.45) is 40.9. The molecule has 0 bridgehead atoms. The Hall–Kier alpha value is -1.94. The van der Waals surface area contributed by atoms with Gasteiger partial charge in [-0.2, -0.15) is 0 Å². The molecule has 0 amide bonds. The minimum absolute atomic E-state index is 0.104. The summed E-state index contributed by atoms with van der Waals surface area (Å²) in [6, 6.07) is 0. The van der Waals surface area contributed by atoms with Gasteiger partial charge in [0.1, 0.15) is 19.3 Å². The number of carbonyl (C=O) groups excluding carboxylic acids is 4. The quantitative estimate of drug-likeness (QED) is 0.0222. The molecule has 0 aliphatic rings. The molecule has 0 fully saturated rings. The SMILES string of the molecule is CCCCCCCCCCCCCCCCCCCCCC(=O)O[C@H](COC(=O)CCCCCCCCC(C)CC)COP(=O)(O)OC[C@@H](O)COP(=O)(O)OC[C@@H](COC(=O)CCCCCCC)OC(=O)CCCCCCCCCC. The van der Waals surface area contributed by atoms with Crippen LogP contribution in [0.1, 0.15) is 317 Å². The summed E-state index contributed by atoms with van der Waals surface area (Å²) in [5.74, 6) is -1.42. The van der Waals surface area contributed by atoms with Crippen LogP contribution in [-0.4, -0.2) is 96.7 Å². The molecular weight excluding hydrogens is 1090 g/mol. The summed E-state index contributed by atoms with van der Waals surface area (Å²) in [5, 5.41) is 10.5. The largest absolute Gasteiger partial charge is 0.472 e. The van der Waals surface area contributed by atoms with Crippen LogP contribution in [0.3, 0.4) is 0 Å². The summed E-state index contributed by atoms with van der Waals surface area (Å²) in [5.41, 5.74) is 0. The molecule has 6 atom stereocenters. The number of aliphatic hydroxyl groups is 1. The fraction of sp³-hybridized carbons (Fsp3) is 0.937. The molecule has 3 unspecified atom stereocenters. The molecule has 0 heterocycles. The molecule has 0 spiro atoms. The molecule has 0 saturated heterocycles. The van der Waals surface area contributed by atoms with E-state index in [4.69, 9.17) is 37.0 Å². The first-order valence-electron chi connectivity index (χ1n) is 33.2. The summed E-state index contributed by atoms with van der Waals surface area (Å²) >= 11 is 0. The summed E-state index contributed by atoms with van der Waals surface area (Å²) in [7, 11) is -9.87. The van der Waals surface area contributed by atoms with E-state index in [-0.39, 0.29) is 25.7 Å². The summed E-state index contributed by atoms with van der Waals surface area (Å²) in [6.45, 7) is 7.03. The van der Waals surface area contributed by atoms with Gasteiger partial charge in [-0.25, -0.2) is 9.13 Å². The van der Waals surface area contributed by atoms with Crippen molar-refractivity contribution >= 4 is 39.5 Å². The number of rotatable bonds is 63. The Labute approximate surface area is 498 Å². The van der Waals surface area contributed by atoms with Crippen molar-refractivity contribution in [2.75, 3.05) is 39.6 Å². The topological polar surface area (TPSA) is 237 Å². The fourth-order valence-electron chi connectivity index (χ4n) is 9.37. The van der Waals surface area contributed by atoms with Gasteiger partial charge < -0.3 is 33.8 Å². The van der Waals surface area contributed by atoms with Gasteiger partial charge in [-0.3, -0.25) is 37.3 Å². The van der Waals surface area contributed by atoms with Crippen molar-refractivity contribution in [1.82, 2.24) is 0 Å². The number of phosphoric ester groups is 2. The third kappa shape index (κ3) is 55.9. The number of aliphatic hydroxyl groups excluding tert-OH is 1. The molecule has 0 aliphatic carbocycles. The van der Waals surface area contributed by atoms with E-state index in [1.807, 2.05) is 0 Å². The van der Waals surface area contributed by atoms with E-state index in [1.54, 1.807) is 0 Å². The monoisotopic (exact) mass is 1210 g/mol. The zero-order chi connectivity index (χ0) is 60.6. The first-order valence-corrected chi connectivity index (χ1v) is 36.2. The van der Waals surface area contributed by atoms with E-state index >= 15 is 0 Å². The van der Waals surface area contributed by atoms with Crippen molar-refractivity contribution in [3.8, 4) is 0 Å². The van der Waals surface area contributed by atoms with Gasteiger partial charge in [-0.1, -0.05) is 266 Å². The Morgan fingerprint density at radius 1 is 0.341 bits per heavy atom. The third-order valence-corrected chi connectivity index (χ3v) is 16.8. The van der Waals surface area contributed by atoms with Crippen LogP contribution >= 0.6 is 15.6 Å². The van der Waals surface area contributed by atoms with Crippen LogP contribution in [0, 0.1) is 5.92 Å². The Morgan fingerprint density at radius 3 is 0.866 bits per heavy atom. The van der Waals surface area contributed by atoms with Gasteiger partial charge in [0.2, 0.25) is 0 Å². The second-order valence-electron chi connectivity index (χ2n) is 23.0. The smallest absolute Gasteiger partial charge is 0.462 e. The van der Waals surface area contributed by atoms with Gasteiger partial charge in [-0.05, 0) is 31.6 Å². The maximum Gasteiger partial charge on any atom is 0.472 e. The van der Waals surface area contributed by atoms with Crippen molar-refractivity contribution in [1.29, 1.82) is 0 Å². The van der Waals surface area contributed by atoms with Crippen LogP contribution in [0.2, 0.25) is 0 Å². The van der Waals surface area contributed by atoms with E-state index in [0.29, 0.717) is 25.7 Å². The zero-order valence-corrected chi connectivity index (χ0v) is 54.4. The van der Waals surface area contributed by atoms with Crippen molar-refractivity contribution in [3.63, 3.8) is 0 Å². The predicted molar refractivity (Wildman–Crippen MR) is 326 cm³/mol. The van der Waals surface area contributed by atoms with Crippen molar-refractivity contribution in [2.45, 2.75) is 335 Å².